The fourth-order valence-electron chi connectivity index (χ4n) is 4.83. The molecule has 0 heterocycles. The summed E-state index contributed by atoms with van der Waals surface area (Å²) >= 11 is 0. The molecule has 0 spiro atoms. The summed E-state index contributed by atoms with van der Waals surface area (Å²) in [5, 5.41) is 9.78. The van der Waals surface area contributed by atoms with Crippen molar-refractivity contribution >= 4 is 0 Å². The maximum Gasteiger partial charge on any atom is 0.0689 e. The number of hydrogen-bond acceptors (Lipinski definition) is 1. The second-order valence-corrected chi connectivity index (χ2v) is 9.05. The minimum Gasteiger partial charge on any atom is -0.198 e. The van der Waals surface area contributed by atoms with E-state index < -0.39 is 0 Å². The van der Waals surface area contributed by atoms with Crippen LogP contribution in [-0.4, -0.2) is 0 Å². The zero-order valence-electron chi connectivity index (χ0n) is 18.4. The van der Waals surface area contributed by atoms with E-state index >= 15 is 0 Å². The van der Waals surface area contributed by atoms with Gasteiger partial charge in [0.1, 0.15) is 0 Å². The van der Waals surface area contributed by atoms with E-state index in [0.717, 1.165) is 32.1 Å². The van der Waals surface area contributed by atoms with Gasteiger partial charge in [-0.25, -0.2) is 0 Å². The first-order chi connectivity index (χ1) is 14.2. The molecule has 3 rings (SSSR count). The lowest BCUT2D eigenvalue weighted by atomic mass is 9.67. The van der Waals surface area contributed by atoms with Crippen molar-refractivity contribution in [3.05, 3.63) is 59.7 Å². The van der Waals surface area contributed by atoms with Gasteiger partial charge < -0.3 is 0 Å². The second-order valence-electron chi connectivity index (χ2n) is 9.05. The van der Waals surface area contributed by atoms with Crippen LogP contribution in [0, 0.1) is 16.7 Å². The summed E-state index contributed by atoms with van der Waals surface area (Å²) in [5.74, 6) is 0.619. The largest absolute Gasteiger partial charge is 0.198 e. The molecule has 1 fully saturated rings. The zero-order chi connectivity index (χ0) is 20.5. The topological polar surface area (TPSA) is 23.8 Å². The summed E-state index contributed by atoms with van der Waals surface area (Å²) in [6.07, 6.45) is 12.9. The van der Waals surface area contributed by atoms with Crippen LogP contribution >= 0.6 is 0 Å². The van der Waals surface area contributed by atoms with Gasteiger partial charge in [0, 0.05) is 0 Å². The molecule has 0 aromatic heterocycles. The monoisotopic (exact) mass is 387 g/mol. The summed E-state index contributed by atoms with van der Waals surface area (Å²) in [6, 6.07) is 21.0. The number of nitriles is 1. The molecule has 0 N–H and O–H groups in total. The van der Waals surface area contributed by atoms with Crippen molar-refractivity contribution in [2.75, 3.05) is 0 Å². The van der Waals surface area contributed by atoms with E-state index in [4.69, 9.17) is 0 Å². The molecule has 0 radical (unpaired) electrons. The third kappa shape index (κ3) is 5.72. The van der Waals surface area contributed by atoms with Crippen LogP contribution in [0.5, 0.6) is 0 Å². The smallest absolute Gasteiger partial charge is 0.0689 e. The van der Waals surface area contributed by atoms with Crippen LogP contribution in [-0.2, 0) is 6.42 Å². The summed E-state index contributed by atoms with van der Waals surface area (Å²) in [5.41, 5.74) is 5.45. The van der Waals surface area contributed by atoms with Crippen molar-refractivity contribution in [2.24, 2.45) is 5.41 Å². The number of unbranched alkanes of at least 4 members (excludes halogenated alkanes) is 3. The normalized spacial score (nSPS) is 21.6. The SMILES string of the molecule is CCCCCC1(C#N)CCC(c2ccc(-c3ccc(CCCC)cc3)cc2)CC1. The number of hydrogen-bond donors (Lipinski definition) is 0. The highest BCUT2D eigenvalue weighted by molar-refractivity contribution is 5.64. The van der Waals surface area contributed by atoms with Gasteiger partial charge in [-0.15, -0.1) is 0 Å². The van der Waals surface area contributed by atoms with Crippen molar-refractivity contribution < 1.29 is 0 Å². The van der Waals surface area contributed by atoms with Gasteiger partial charge in [0.05, 0.1) is 11.5 Å². The van der Waals surface area contributed by atoms with Gasteiger partial charge in [0.2, 0.25) is 0 Å². The Labute approximate surface area is 178 Å². The lowest BCUT2D eigenvalue weighted by Crippen LogP contribution is -2.25. The molecule has 0 bridgehead atoms. The quantitative estimate of drug-likeness (QED) is 0.396. The maximum absolute atomic E-state index is 9.78. The molecule has 2 aromatic carbocycles. The molecule has 0 amide bonds. The van der Waals surface area contributed by atoms with Crippen molar-refractivity contribution in [3.8, 4) is 17.2 Å². The van der Waals surface area contributed by atoms with Gasteiger partial charge in [0.15, 0.2) is 0 Å². The molecule has 2 aromatic rings. The molecule has 0 unspecified atom stereocenters. The molecule has 1 aliphatic rings. The van der Waals surface area contributed by atoms with E-state index in [9.17, 15) is 5.26 Å². The predicted octanol–water partition coefficient (Wildman–Crippen LogP) is 8.44. The van der Waals surface area contributed by atoms with Crippen LogP contribution in [0.25, 0.3) is 11.1 Å². The number of benzene rings is 2. The van der Waals surface area contributed by atoms with E-state index in [1.165, 1.54) is 60.8 Å². The minimum absolute atomic E-state index is 0.0505. The minimum atomic E-state index is -0.0505. The summed E-state index contributed by atoms with van der Waals surface area (Å²) < 4.78 is 0. The molecule has 0 saturated heterocycles. The highest BCUT2D eigenvalue weighted by Crippen LogP contribution is 2.45. The molecule has 1 heteroatoms. The van der Waals surface area contributed by atoms with Crippen molar-refractivity contribution in [2.45, 2.75) is 90.4 Å². The first kappa shape index (κ1) is 21.6. The number of aryl methyl sites for hydroxylation is 1. The van der Waals surface area contributed by atoms with Gasteiger partial charge in [-0.1, -0.05) is 88.1 Å². The second kappa shape index (κ2) is 10.6. The van der Waals surface area contributed by atoms with E-state index in [1.54, 1.807) is 0 Å². The van der Waals surface area contributed by atoms with Gasteiger partial charge in [0.25, 0.3) is 0 Å². The summed E-state index contributed by atoms with van der Waals surface area (Å²) in [6.45, 7) is 4.48. The third-order valence-electron chi connectivity index (χ3n) is 6.93. The van der Waals surface area contributed by atoms with Crippen LogP contribution in [0.15, 0.2) is 48.5 Å². The van der Waals surface area contributed by atoms with Crippen LogP contribution in [0.1, 0.15) is 95.1 Å². The fourth-order valence-corrected chi connectivity index (χ4v) is 4.83. The lowest BCUT2D eigenvalue weighted by molar-refractivity contribution is 0.223. The Balaban J connectivity index is 1.59. The Hall–Kier alpha value is -2.07. The Bertz CT molecular complexity index is 771. The van der Waals surface area contributed by atoms with Gasteiger partial charge in [-0.2, -0.15) is 5.26 Å². The van der Waals surface area contributed by atoms with E-state index in [2.05, 4.69) is 68.4 Å². The Kier molecular flexibility index (Phi) is 7.93. The van der Waals surface area contributed by atoms with Gasteiger partial charge >= 0.3 is 0 Å². The highest BCUT2D eigenvalue weighted by atomic mass is 14.4. The molecule has 1 nitrogen and oxygen atoms in total. The molecular weight excluding hydrogens is 350 g/mol. The first-order valence-electron chi connectivity index (χ1n) is 11.8. The average molecular weight is 388 g/mol. The lowest BCUT2D eigenvalue weighted by Gasteiger charge is -2.35. The molecule has 1 aliphatic carbocycles. The van der Waals surface area contributed by atoms with Crippen molar-refractivity contribution in [1.82, 2.24) is 0 Å². The van der Waals surface area contributed by atoms with Crippen LogP contribution in [0.2, 0.25) is 0 Å². The van der Waals surface area contributed by atoms with Crippen LogP contribution in [0.4, 0.5) is 0 Å². The molecular formula is C28H37N. The predicted molar refractivity (Wildman–Crippen MR) is 124 cm³/mol. The number of nitrogens with zero attached hydrogens (tertiary/aromatic N) is 1. The third-order valence-corrected chi connectivity index (χ3v) is 6.93. The van der Waals surface area contributed by atoms with E-state index in [1.807, 2.05) is 0 Å². The van der Waals surface area contributed by atoms with Gasteiger partial charge in [-0.05, 0) is 73.1 Å². The maximum atomic E-state index is 9.78. The van der Waals surface area contributed by atoms with E-state index in [0.29, 0.717) is 5.92 Å². The fraction of sp³-hybridized carbons (Fsp3) is 0.536. The molecule has 154 valence electrons. The average Bonchev–Trinajstić information content (AvgIpc) is 2.79. The Morgan fingerprint density at radius 2 is 1.41 bits per heavy atom. The Morgan fingerprint density at radius 3 is 1.97 bits per heavy atom. The number of rotatable bonds is 9. The van der Waals surface area contributed by atoms with Crippen LogP contribution < -0.4 is 0 Å². The highest BCUT2D eigenvalue weighted by Gasteiger charge is 2.35. The molecule has 29 heavy (non-hydrogen) atoms. The Morgan fingerprint density at radius 1 is 0.828 bits per heavy atom. The van der Waals surface area contributed by atoms with Crippen LogP contribution in [0.3, 0.4) is 0 Å². The summed E-state index contributed by atoms with van der Waals surface area (Å²) in [4.78, 5) is 0. The standard InChI is InChI=1S/C28H37N/c1-3-5-7-19-28(22-29)20-17-27(18-21-28)26-15-13-25(14-16-26)24-11-9-23(10-12-24)8-6-4-2/h9-16,27H,3-8,17-21H2,1-2H3. The zero-order valence-corrected chi connectivity index (χ0v) is 18.4. The van der Waals surface area contributed by atoms with Crippen molar-refractivity contribution in [1.29, 1.82) is 5.26 Å². The first-order valence-corrected chi connectivity index (χ1v) is 11.8. The van der Waals surface area contributed by atoms with E-state index in [-0.39, 0.29) is 5.41 Å². The molecule has 1 saturated carbocycles. The molecule has 0 aliphatic heterocycles. The van der Waals surface area contributed by atoms with Gasteiger partial charge in [-0.3, -0.25) is 0 Å². The van der Waals surface area contributed by atoms with Crippen molar-refractivity contribution in [3.63, 3.8) is 0 Å². The summed E-state index contributed by atoms with van der Waals surface area (Å²) in [7, 11) is 0. The molecule has 0 atom stereocenters.